The summed E-state index contributed by atoms with van der Waals surface area (Å²) in [7, 11) is -11.0. The quantitative estimate of drug-likeness (QED) is 0.322. The molecule has 37 heavy (non-hydrogen) atoms. The van der Waals surface area contributed by atoms with Gasteiger partial charge >= 0.3 is 0 Å². The normalized spacial score (nSPS) is 24.3. The molecule has 1 aliphatic carbocycles. The van der Waals surface area contributed by atoms with Crippen molar-refractivity contribution in [3.05, 3.63) is 35.9 Å². The molecule has 13 nitrogen and oxygen atoms in total. The number of nitrogens with zero attached hydrogens (tertiary/aromatic N) is 3. The third-order valence-corrected chi connectivity index (χ3v) is 7.32. The van der Waals surface area contributed by atoms with Gasteiger partial charge in [-0.15, -0.1) is 0 Å². The Morgan fingerprint density at radius 1 is 1.03 bits per heavy atom. The second-order valence-corrected chi connectivity index (χ2v) is 14.1. The molecule has 4 rings (SSSR count). The lowest BCUT2D eigenvalue weighted by atomic mass is 9.84. The fourth-order valence-electron chi connectivity index (χ4n) is 4.63. The van der Waals surface area contributed by atoms with Crippen LogP contribution in [0.5, 0.6) is 0 Å². The van der Waals surface area contributed by atoms with Crippen LogP contribution in [0.3, 0.4) is 0 Å². The van der Waals surface area contributed by atoms with Gasteiger partial charge in [0.25, 0.3) is 30.4 Å². The van der Waals surface area contributed by atoms with Gasteiger partial charge in [0, 0.05) is 44.2 Å². The van der Waals surface area contributed by atoms with E-state index in [-0.39, 0.29) is 5.54 Å². The van der Waals surface area contributed by atoms with Crippen molar-refractivity contribution in [2.75, 3.05) is 38.7 Å². The van der Waals surface area contributed by atoms with Crippen molar-refractivity contribution in [3.63, 3.8) is 0 Å². The van der Waals surface area contributed by atoms with Gasteiger partial charge in [-0.2, -0.15) is 34.8 Å². The summed E-state index contributed by atoms with van der Waals surface area (Å²) in [6.07, 6.45) is 5.03. The first-order valence-electron chi connectivity index (χ1n) is 11.5. The monoisotopic (exact) mass is 581 g/mol. The van der Waals surface area contributed by atoms with Crippen LogP contribution in [-0.2, 0) is 30.4 Å². The smallest absolute Gasteiger partial charge is 0.277 e. The van der Waals surface area contributed by atoms with E-state index in [2.05, 4.69) is 46.6 Å². The molecule has 3 fully saturated rings. The van der Waals surface area contributed by atoms with Crippen molar-refractivity contribution in [2.45, 2.75) is 49.2 Å². The second kappa shape index (κ2) is 12.5. The first-order chi connectivity index (χ1) is 16.9. The van der Waals surface area contributed by atoms with Crippen molar-refractivity contribution in [1.29, 1.82) is 5.26 Å². The summed E-state index contributed by atoms with van der Waals surface area (Å²) in [5.74, 6) is 0.629. The highest BCUT2D eigenvalue weighted by Crippen LogP contribution is 2.41. The third kappa shape index (κ3) is 11.3. The van der Waals surface area contributed by atoms with E-state index >= 15 is 0 Å². The zero-order valence-electron chi connectivity index (χ0n) is 20.8. The Balaban J connectivity index is 0.000000412. The number of nitrogens with two attached hydrogens (primary N) is 1. The highest BCUT2D eigenvalue weighted by atomic mass is 32.2. The summed E-state index contributed by atoms with van der Waals surface area (Å²) >= 11 is 0. The number of rotatable bonds is 6. The van der Waals surface area contributed by atoms with Crippen LogP contribution in [0.1, 0.15) is 37.2 Å². The van der Waals surface area contributed by atoms with Gasteiger partial charge in [-0.25, -0.2) is 5.14 Å². The number of nitrogens with one attached hydrogen (secondary N) is 1. The number of likely N-dealkylation sites (tertiary alicyclic amines) is 1. The Kier molecular flexibility index (Phi) is 10.6. The van der Waals surface area contributed by atoms with Gasteiger partial charge < -0.3 is 5.32 Å². The highest BCUT2D eigenvalue weighted by Gasteiger charge is 2.51. The molecule has 0 spiro atoms. The van der Waals surface area contributed by atoms with E-state index < -0.39 is 30.4 Å². The minimum atomic E-state index is -3.67. The summed E-state index contributed by atoms with van der Waals surface area (Å²) in [6, 6.07) is 14.0. The van der Waals surface area contributed by atoms with Crippen LogP contribution >= 0.6 is 0 Å². The molecule has 5 N–H and O–H groups in total. The van der Waals surface area contributed by atoms with Crippen molar-refractivity contribution < 1.29 is 34.4 Å². The number of hydrogen-bond acceptors (Lipinski definition) is 9. The van der Waals surface area contributed by atoms with Gasteiger partial charge in [-0.05, 0) is 24.8 Å². The lowest BCUT2D eigenvalue weighted by molar-refractivity contribution is -0.0255. The minimum absolute atomic E-state index is 0.330. The van der Waals surface area contributed by atoms with Crippen LogP contribution in [0.4, 0.5) is 0 Å². The van der Waals surface area contributed by atoms with Gasteiger partial charge in [-0.3, -0.25) is 14.0 Å². The van der Waals surface area contributed by atoms with Gasteiger partial charge in [0.2, 0.25) is 0 Å². The minimum Gasteiger partial charge on any atom is -0.311 e. The topological polar surface area (TPSA) is 211 Å². The number of nitriles is 1. The van der Waals surface area contributed by atoms with E-state index in [9.17, 15) is 30.5 Å². The van der Waals surface area contributed by atoms with Crippen LogP contribution in [0.25, 0.3) is 0 Å². The molecule has 0 radical (unpaired) electrons. The standard InChI is InChI=1S/C19H27N5O2S.2CH4O3S/c20-9-8-19(13-24(14-19)27(21,25)26)23-10-6-16(7-11-23)22-18-12-17(18)15-4-2-1-3-5-15;2*1-5(2,3)4/h1-5,16-18,22H,6-8,10-14H2,(H2,21,25,26);2*1H3,(H,2,3,4)/t17-,18+;;/m0../s1. The molecule has 0 amide bonds. The lowest BCUT2D eigenvalue weighted by Gasteiger charge is -2.55. The van der Waals surface area contributed by atoms with E-state index in [0.29, 0.717) is 50.0 Å². The molecule has 3 aliphatic rings. The van der Waals surface area contributed by atoms with Crippen molar-refractivity contribution in [1.82, 2.24) is 14.5 Å². The Hall–Kier alpha value is -1.68. The Bertz CT molecular complexity index is 1210. The molecule has 2 saturated heterocycles. The fourth-order valence-corrected chi connectivity index (χ4v) is 5.47. The molecule has 2 atom stereocenters. The molecule has 1 aromatic rings. The first-order valence-corrected chi connectivity index (χ1v) is 16.7. The number of piperidine rings is 1. The van der Waals surface area contributed by atoms with Crippen molar-refractivity contribution in [3.8, 4) is 6.07 Å². The molecular weight excluding hydrogens is 546 g/mol. The zero-order valence-corrected chi connectivity index (χ0v) is 23.2. The van der Waals surface area contributed by atoms with Crippen LogP contribution in [0, 0.1) is 11.3 Å². The maximum Gasteiger partial charge on any atom is 0.277 e. The van der Waals surface area contributed by atoms with E-state index in [1.165, 1.54) is 16.3 Å². The second-order valence-electron chi connectivity index (χ2n) is 9.63. The van der Waals surface area contributed by atoms with E-state index in [4.69, 9.17) is 14.2 Å². The van der Waals surface area contributed by atoms with Crippen molar-refractivity contribution >= 4 is 30.4 Å². The SMILES string of the molecule is CS(=O)(=O)O.CS(=O)(=O)O.N#CCC1(N2CCC(N[C@@H]3C[C@H]3c3ccccc3)CC2)CN(S(N)(=O)=O)C1. The predicted octanol–water partition coefficient (Wildman–Crippen LogP) is -0.224. The molecule has 2 aliphatic heterocycles. The zero-order chi connectivity index (χ0) is 28.1. The Morgan fingerprint density at radius 2 is 1.51 bits per heavy atom. The molecule has 2 heterocycles. The largest absolute Gasteiger partial charge is 0.311 e. The molecule has 16 heteroatoms. The predicted molar refractivity (Wildman–Crippen MR) is 138 cm³/mol. The number of hydrogen-bond donors (Lipinski definition) is 4. The van der Waals surface area contributed by atoms with E-state index in [0.717, 1.165) is 25.9 Å². The van der Waals surface area contributed by atoms with E-state index in [1.54, 1.807) is 0 Å². The summed E-state index contributed by atoms with van der Waals surface area (Å²) in [5.41, 5.74) is 1.05. The average Bonchev–Trinajstić information content (AvgIpc) is 3.47. The number of benzene rings is 1. The van der Waals surface area contributed by atoms with Crippen LogP contribution in [-0.4, -0.2) is 99.9 Å². The van der Waals surface area contributed by atoms with Crippen LogP contribution in [0.15, 0.2) is 30.3 Å². The third-order valence-electron chi connectivity index (χ3n) is 6.34. The molecule has 1 saturated carbocycles. The Labute approximate surface area is 219 Å². The molecule has 210 valence electrons. The maximum atomic E-state index is 11.5. The summed E-state index contributed by atoms with van der Waals surface area (Å²) < 4.78 is 76.0. The summed E-state index contributed by atoms with van der Waals surface area (Å²) in [4.78, 5) is 2.30. The summed E-state index contributed by atoms with van der Waals surface area (Å²) in [6.45, 7) is 2.44. The molecule has 1 aromatic carbocycles. The van der Waals surface area contributed by atoms with Crippen LogP contribution in [0.2, 0.25) is 0 Å². The molecule has 0 bridgehead atoms. The van der Waals surface area contributed by atoms with Crippen molar-refractivity contribution in [2.24, 2.45) is 5.14 Å². The molecule has 0 aromatic heterocycles. The Morgan fingerprint density at radius 3 is 1.95 bits per heavy atom. The van der Waals surface area contributed by atoms with Gasteiger partial charge in [0.15, 0.2) is 0 Å². The first kappa shape index (κ1) is 31.5. The van der Waals surface area contributed by atoms with Crippen LogP contribution < -0.4 is 10.5 Å². The molecule has 0 unspecified atom stereocenters. The molecular formula is C21H35N5O8S3. The summed E-state index contributed by atoms with van der Waals surface area (Å²) in [5, 5.41) is 18.2. The van der Waals surface area contributed by atoms with Gasteiger partial charge in [0.1, 0.15) is 0 Å². The average molecular weight is 582 g/mol. The van der Waals surface area contributed by atoms with Gasteiger partial charge in [-0.1, -0.05) is 30.3 Å². The highest BCUT2D eigenvalue weighted by molar-refractivity contribution is 7.86. The van der Waals surface area contributed by atoms with E-state index in [1.807, 2.05) is 0 Å². The van der Waals surface area contributed by atoms with Gasteiger partial charge in [0.05, 0.1) is 30.5 Å². The maximum absolute atomic E-state index is 11.5. The fraction of sp³-hybridized carbons (Fsp3) is 0.667. The lowest BCUT2D eigenvalue weighted by Crippen LogP contribution is -2.73.